The number of rotatable bonds is 3. The van der Waals surface area contributed by atoms with E-state index in [0.29, 0.717) is 21.6 Å². The van der Waals surface area contributed by atoms with Crippen molar-refractivity contribution >= 4 is 28.5 Å². The number of hydrogen-bond donors (Lipinski definition) is 2. The van der Waals surface area contributed by atoms with Crippen LogP contribution in [0, 0.1) is 6.92 Å². The van der Waals surface area contributed by atoms with Crippen molar-refractivity contribution in [1.29, 1.82) is 0 Å². The average Bonchev–Trinajstić information content (AvgIpc) is 2.72. The van der Waals surface area contributed by atoms with E-state index in [2.05, 4.69) is 0 Å². The predicted molar refractivity (Wildman–Crippen MR) is 70.4 cm³/mol. The highest BCUT2D eigenvalue weighted by Gasteiger charge is 2.38. The van der Waals surface area contributed by atoms with Crippen LogP contribution in [0.2, 0.25) is 5.02 Å². The maximum Gasteiger partial charge on any atom is 0.416 e. The third-order valence-electron chi connectivity index (χ3n) is 2.94. The van der Waals surface area contributed by atoms with Crippen molar-refractivity contribution in [2.75, 3.05) is 6.54 Å². The average molecular weight is 322 g/mol. The lowest BCUT2D eigenvalue weighted by Crippen LogP contribution is -2.40. The van der Waals surface area contributed by atoms with E-state index < -0.39 is 24.7 Å². The first-order valence-corrected chi connectivity index (χ1v) is 6.29. The molecular weight excluding hydrogens is 311 g/mol. The summed E-state index contributed by atoms with van der Waals surface area (Å²) in [5.74, 6) is -0.940. The number of benzene rings is 1. The highest BCUT2D eigenvalue weighted by Crippen LogP contribution is 2.28. The largest absolute Gasteiger partial charge is 0.451 e. The summed E-state index contributed by atoms with van der Waals surface area (Å²) < 4.78 is 41.8. The normalized spacial score (nSPS) is 13.4. The monoisotopic (exact) mass is 321 g/mol. The van der Waals surface area contributed by atoms with Crippen molar-refractivity contribution in [3.05, 3.63) is 34.5 Å². The second-order valence-electron chi connectivity index (χ2n) is 4.46. The van der Waals surface area contributed by atoms with Gasteiger partial charge in [-0.3, -0.25) is 4.79 Å². The van der Waals surface area contributed by atoms with Crippen LogP contribution >= 0.6 is 11.6 Å². The maximum atomic E-state index is 12.2. The molecule has 114 valence electrons. The summed E-state index contributed by atoms with van der Waals surface area (Å²) in [6, 6.07) is 4.73. The van der Waals surface area contributed by atoms with Crippen molar-refractivity contribution in [2.24, 2.45) is 0 Å². The van der Waals surface area contributed by atoms with E-state index in [1.54, 1.807) is 25.1 Å². The summed E-state index contributed by atoms with van der Waals surface area (Å²) in [5.41, 5.74) is 0.866. The molecule has 1 atom stereocenters. The molecule has 0 fully saturated rings. The first-order valence-electron chi connectivity index (χ1n) is 5.92. The molecule has 0 spiro atoms. The summed E-state index contributed by atoms with van der Waals surface area (Å²) in [7, 11) is 0. The lowest BCUT2D eigenvalue weighted by Gasteiger charge is -2.14. The van der Waals surface area contributed by atoms with Gasteiger partial charge in [-0.25, -0.2) is 0 Å². The molecular formula is C13H11ClF3NO3. The highest BCUT2D eigenvalue weighted by atomic mass is 35.5. The summed E-state index contributed by atoms with van der Waals surface area (Å²) in [5, 5.41) is 11.9. The van der Waals surface area contributed by atoms with Crippen LogP contribution in [0.15, 0.2) is 22.6 Å². The molecule has 1 aromatic heterocycles. The molecule has 1 amide bonds. The zero-order chi connectivity index (χ0) is 15.8. The number of carbonyl (C=O) groups is 1. The SMILES string of the molecule is Cc1c(C(=O)NCC(O)C(F)(F)F)oc2ccc(Cl)cc12. The number of aryl methyl sites for hydroxylation is 1. The van der Waals surface area contributed by atoms with Crippen LogP contribution in [-0.4, -0.2) is 29.8 Å². The van der Waals surface area contributed by atoms with Gasteiger partial charge in [-0.15, -0.1) is 0 Å². The van der Waals surface area contributed by atoms with Crippen LogP contribution in [-0.2, 0) is 0 Å². The first-order chi connectivity index (χ1) is 9.70. The van der Waals surface area contributed by atoms with Gasteiger partial charge in [0.05, 0.1) is 6.54 Å². The number of fused-ring (bicyclic) bond motifs is 1. The van der Waals surface area contributed by atoms with Crippen LogP contribution in [0.4, 0.5) is 13.2 Å². The van der Waals surface area contributed by atoms with E-state index in [9.17, 15) is 18.0 Å². The van der Waals surface area contributed by atoms with Crippen molar-refractivity contribution < 1.29 is 27.5 Å². The van der Waals surface area contributed by atoms with E-state index >= 15 is 0 Å². The van der Waals surface area contributed by atoms with Crippen LogP contribution in [0.5, 0.6) is 0 Å². The van der Waals surface area contributed by atoms with Gasteiger partial charge >= 0.3 is 6.18 Å². The molecule has 0 bridgehead atoms. The fourth-order valence-corrected chi connectivity index (χ4v) is 1.97. The molecule has 1 heterocycles. The van der Waals surface area contributed by atoms with Crippen LogP contribution in [0.3, 0.4) is 0 Å². The Hall–Kier alpha value is -1.73. The Morgan fingerprint density at radius 2 is 2.14 bits per heavy atom. The molecule has 0 saturated carbocycles. The van der Waals surface area contributed by atoms with Crippen LogP contribution in [0.1, 0.15) is 16.1 Å². The Balaban J connectivity index is 2.18. The van der Waals surface area contributed by atoms with Gasteiger partial charge in [0.2, 0.25) is 0 Å². The molecule has 4 nitrogen and oxygen atoms in total. The molecule has 0 aliphatic heterocycles. The number of aliphatic hydroxyl groups is 1. The number of halogens is 4. The van der Waals surface area contributed by atoms with Gasteiger partial charge in [0.1, 0.15) is 5.58 Å². The standard InChI is InChI=1S/C13H11ClF3NO3/c1-6-8-4-7(14)2-3-9(8)21-11(6)12(20)18-5-10(19)13(15,16)17/h2-4,10,19H,5H2,1H3,(H,18,20). The minimum atomic E-state index is -4.79. The van der Waals surface area contributed by atoms with Gasteiger partial charge in [0.25, 0.3) is 5.91 Å². The number of nitrogens with one attached hydrogen (secondary N) is 1. The third kappa shape index (κ3) is 3.30. The molecule has 0 aliphatic rings. The fourth-order valence-electron chi connectivity index (χ4n) is 1.80. The molecule has 1 unspecified atom stereocenters. The zero-order valence-corrected chi connectivity index (χ0v) is 11.5. The van der Waals surface area contributed by atoms with E-state index in [0.717, 1.165) is 0 Å². The van der Waals surface area contributed by atoms with Crippen LogP contribution < -0.4 is 5.32 Å². The quantitative estimate of drug-likeness (QED) is 0.913. The minimum absolute atomic E-state index is 0.110. The number of carbonyl (C=O) groups excluding carboxylic acids is 1. The van der Waals surface area contributed by atoms with Gasteiger partial charge < -0.3 is 14.8 Å². The second kappa shape index (κ2) is 5.57. The third-order valence-corrected chi connectivity index (χ3v) is 3.17. The molecule has 2 N–H and O–H groups in total. The van der Waals surface area contributed by atoms with Gasteiger partial charge in [0.15, 0.2) is 11.9 Å². The topological polar surface area (TPSA) is 62.5 Å². The lowest BCUT2D eigenvalue weighted by atomic mass is 10.1. The number of hydrogen-bond acceptors (Lipinski definition) is 3. The van der Waals surface area contributed by atoms with E-state index in [4.69, 9.17) is 21.1 Å². The highest BCUT2D eigenvalue weighted by molar-refractivity contribution is 6.31. The molecule has 1 aromatic carbocycles. The van der Waals surface area contributed by atoms with Gasteiger partial charge in [-0.2, -0.15) is 13.2 Å². The van der Waals surface area contributed by atoms with Crippen LogP contribution in [0.25, 0.3) is 11.0 Å². The summed E-state index contributed by atoms with van der Waals surface area (Å²) in [4.78, 5) is 11.8. The van der Waals surface area contributed by atoms with Gasteiger partial charge in [-0.05, 0) is 25.1 Å². The zero-order valence-electron chi connectivity index (χ0n) is 10.8. The van der Waals surface area contributed by atoms with Crippen molar-refractivity contribution in [3.63, 3.8) is 0 Å². The second-order valence-corrected chi connectivity index (χ2v) is 4.90. The van der Waals surface area contributed by atoms with E-state index in [1.807, 2.05) is 5.32 Å². The molecule has 0 aliphatic carbocycles. The van der Waals surface area contributed by atoms with Crippen molar-refractivity contribution in [3.8, 4) is 0 Å². The summed E-state index contributed by atoms with van der Waals surface area (Å²) in [6.45, 7) is 0.650. The molecule has 2 aromatic rings. The Morgan fingerprint density at radius 1 is 1.48 bits per heavy atom. The molecule has 0 saturated heterocycles. The van der Waals surface area contributed by atoms with Gasteiger partial charge in [0, 0.05) is 16.0 Å². The van der Waals surface area contributed by atoms with E-state index in [1.165, 1.54) is 0 Å². The molecule has 2 rings (SSSR count). The Labute approximate surface area is 122 Å². The summed E-state index contributed by atoms with van der Waals surface area (Å²) in [6.07, 6.45) is -7.41. The first kappa shape index (κ1) is 15.7. The molecule has 8 heteroatoms. The minimum Gasteiger partial charge on any atom is -0.451 e. The Bertz CT molecular complexity index is 681. The Kier molecular flexibility index (Phi) is 4.15. The Morgan fingerprint density at radius 3 is 2.76 bits per heavy atom. The summed E-state index contributed by atoms with van der Waals surface area (Å²) >= 11 is 5.83. The van der Waals surface area contributed by atoms with Crippen molar-refractivity contribution in [2.45, 2.75) is 19.2 Å². The lowest BCUT2D eigenvalue weighted by molar-refractivity contribution is -0.201. The molecule has 21 heavy (non-hydrogen) atoms. The number of furan rings is 1. The number of amides is 1. The van der Waals surface area contributed by atoms with Crippen molar-refractivity contribution in [1.82, 2.24) is 5.32 Å². The van der Waals surface area contributed by atoms with E-state index in [-0.39, 0.29) is 5.76 Å². The number of alkyl halides is 3. The maximum absolute atomic E-state index is 12.2. The fraction of sp³-hybridized carbons (Fsp3) is 0.308. The predicted octanol–water partition coefficient (Wildman–Crippen LogP) is 3.05. The molecule has 0 radical (unpaired) electrons. The van der Waals surface area contributed by atoms with Gasteiger partial charge in [-0.1, -0.05) is 11.6 Å². The number of aliphatic hydroxyl groups excluding tert-OH is 1. The smallest absolute Gasteiger partial charge is 0.416 e.